The molecule has 0 fully saturated rings. The van der Waals surface area contributed by atoms with Crippen molar-refractivity contribution in [3.05, 3.63) is 0 Å². The highest BCUT2D eigenvalue weighted by molar-refractivity contribution is 5.02. The lowest BCUT2D eigenvalue weighted by Crippen LogP contribution is -2.62. The molecule has 0 heterocycles. The fourth-order valence-corrected chi connectivity index (χ4v) is 1.07. The molecule has 0 aromatic carbocycles. The van der Waals surface area contributed by atoms with E-state index in [-0.39, 0.29) is 0 Å². The van der Waals surface area contributed by atoms with Crippen molar-refractivity contribution in [2.24, 2.45) is 0 Å². The highest BCUT2D eigenvalue weighted by Gasteiger charge is 2.77. The van der Waals surface area contributed by atoms with E-state index in [1.807, 2.05) is 0 Å². The van der Waals surface area contributed by atoms with Gasteiger partial charge >= 0.3 is 18.0 Å². The third kappa shape index (κ3) is 7.00. The van der Waals surface area contributed by atoms with Crippen LogP contribution < -0.4 is 0 Å². The number of nitriles is 2. The van der Waals surface area contributed by atoms with Crippen LogP contribution in [-0.4, -0.2) is 69.2 Å². The van der Waals surface area contributed by atoms with E-state index < -0.39 is 48.7 Å². The van der Waals surface area contributed by atoms with Crippen LogP contribution in [0.3, 0.4) is 0 Å². The Kier molecular flexibility index (Phi) is 11.8. The maximum absolute atomic E-state index is 12.9. The molecule has 166 valence electrons. The number of rotatable bonds is 6. The number of nitrogens with zero attached hydrogens (tertiary/aromatic N) is 2. The van der Waals surface area contributed by atoms with Crippen LogP contribution in [0.25, 0.3) is 0 Å². The van der Waals surface area contributed by atoms with Gasteiger partial charge in [-0.15, -0.1) is 0 Å². The number of aliphatic hydroxyl groups is 4. The first-order chi connectivity index (χ1) is 12.2. The molecule has 0 aliphatic carbocycles. The Bertz CT molecular complexity index is 530. The highest BCUT2D eigenvalue weighted by Crippen LogP contribution is 2.50. The molecule has 0 aromatic rings. The van der Waals surface area contributed by atoms with Gasteiger partial charge in [0.15, 0.2) is 12.3 Å². The molecule has 0 aliphatic heterocycles. The van der Waals surface area contributed by atoms with Crippen LogP contribution in [0.1, 0.15) is 0 Å². The summed E-state index contributed by atoms with van der Waals surface area (Å²) >= 11 is 0. The molecule has 0 bridgehead atoms. The van der Waals surface area contributed by atoms with Crippen molar-refractivity contribution < 1.29 is 73.1 Å². The second-order valence-corrected chi connectivity index (χ2v) is 4.23. The van der Waals surface area contributed by atoms with Gasteiger partial charge < -0.3 is 20.4 Å². The first kappa shape index (κ1) is 30.4. The van der Waals surface area contributed by atoms with Crippen LogP contribution in [0.4, 0.5) is 52.7 Å². The van der Waals surface area contributed by atoms with E-state index in [0.29, 0.717) is 0 Å². The SMILES string of the molecule is N#CO.N#CO.OC(O)(C(F)F)C(F)C(F)C(F)C(F)(F)C(F)(F)C(F)(F)F. The molecule has 6 nitrogen and oxygen atoms in total. The van der Waals surface area contributed by atoms with Gasteiger partial charge in [0.25, 0.3) is 24.7 Å². The van der Waals surface area contributed by atoms with Gasteiger partial charge in [-0.25, -0.2) is 22.0 Å². The summed E-state index contributed by atoms with van der Waals surface area (Å²) in [6.45, 7) is 0. The quantitative estimate of drug-likeness (QED) is 0.281. The topological polar surface area (TPSA) is 128 Å². The Labute approximate surface area is 146 Å². The second kappa shape index (κ2) is 10.9. The average Bonchev–Trinajstić information content (AvgIpc) is 2.52. The van der Waals surface area contributed by atoms with E-state index in [9.17, 15) is 52.7 Å². The summed E-state index contributed by atoms with van der Waals surface area (Å²) < 4.78 is 147. The van der Waals surface area contributed by atoms with Crippen molar-refractivity contribution >= 4 is 0 Å². The molecule has 0 saturated carbocycles. The molecule has 28 heavy (non-hydrogen) atoms. The van der Waals surface area contributed by atoms with Crippen LogP contribution >= 0.6 is 0 Å². The van der Waals surface area contributed by atoms with Crippen molar-refractivity contribution in [1.29, 1.82) is 10.5 Å². The number of hydrogen-bond acceptors (Lipinski definition) is 6. The Morgan fingerprint density at radius 1 is 0.679 bits per heavy atom. The Hall–Kier alpha value is -2.34. The molecule has 0 aliphatic rings. The van der Waals surface area contributed by atoms with Gasteiger partial charge in [0.05, 0.1) is 0 Å². The first-order valence-corrected chi connectivity index (χ1v) is 5.79. The molecule has 3 unspecified atom stereocenters. The minimum atomic E-state index is -7.18. The van der Waals surface area contributed by atoms with Crippen molar-refractivity contribution in [1.82, 2.24) is 0 Å². The Morgan fingerprint density at radius 2 is 0.964 bits per heavy atom. The molecule has 0 radical (unpaired) electrons. The maximum Gasteiger partial charge on any atom is 0.459 e. The van der Waals surface area contributed by atoms with Gasteiger partial charge in [0.2, 0.25) is 6.17 Å². The van der Waals surface area contributed by atoms with Crippen LogP contribution in [0.15, 0.2) is 0 Å². The van der Waals surface area contributed by atoms with E-state index in [2.05, 4.69) is 0 Å². The van der Waals surface area contributed by atoms with Gasteiger partial charge in [-0.1, -0.05) is 0 Å². The summed E-state index contributed by atoms with van der Waals surface area (Å²) in [6.07, 6.45) is -25.0. The summed E-state index contributed by atoms with van der Waals surface area (Å²) in [6, 6.07) is 0. The van der Waals surface area contributed by atoms with Gasteiger partial charge in [-0.3, -0.25) is 0 Å². The van der Waals surface area contributed by atoms with Gasteiger partial charge in [0, 0.05) is 0 Å². The number of hydrogen-bond donors (Lipinski definition) is 4. The summed E-state index contributed by atoms with van der Waals surface area (Å²) in [4.78, 5) is 0. The molecule has 0 amide bonds. The third-order valence-corrected chi connectivity index (χ3v) is 2.41. The summed E-state index contributed by atoms with van der Waals surface area (Å²) in [5.74, 6) is -19.2. The minimum Gasteiger partial charge on any atom is -0.443 e. The predicted octanol–water partition coefficient (Wildman–Crippen LogP) is 2.46. The lowest BCUT2D eigenvalue weighted by molar-refractivity contribution is -0.372. The zero-order chi connectivity index (χ0) is 23.7. The first-order valence-electron chi connectivity index (χ1n) is 5.79. The molecule has 18 heteroatoms. The lowest BCUT2D eigenvalue weighted by atomic mass is 9.96. The highest BCUT2D eigenvalue weighted by atomic mass is 19.4. The third-order valence-electron chi connectivity index (χ3n) is 2.41. The summed E-state index contributed by atoms with van der Waals surface area (Å²) in [5.41, 5.74) is 0. The minimum absolute atomic E-state index is 0.750. The molecule has 0 spiro atoms. The molecule has 0 saturated heterocycles. The number of alkyl halides is 12. The van der Waals surface area contributed by atoms with Crippen molar-refractivity contribution in [2.45, 2.75) is 48.7 Å². The zero-order valence-electron chi connectivity index (χ0n) is 12.5. The number of aliphatic hydroxyl groups excluding tert-OH is 2. The average molecular weight is 448 g/mol. The lowest BCUT2D eigenvalue weighted by Gasteiger charge is -2.34. The fraction of sp³-hybridized carbons (Fsp3) is 0.800. The van der Waals surface area contributed by atoms with Crippen molar-refractivity contribution in [2.75, 3.05) is 0 Å². The fourth-order valence-electron chi connectivity index (χ4n) is 1.07. The van der Waals surface area contributed by atoms with Crippen LogP contribution in [0.5, 0.6) is 0 Å². The smallest absolute Gasteiger partial charge is 0.443 e. The largest absolute Gasteiger partial charge is 0.459 e. The van der Waals surface area contributed by atoms with Gasteiger partial charge in [0.1, 0.15) is 0 Å². The standard InChI is InChI=1S/C8H6F12O2.2CHNO/c9-1(2(10)5(21,22)4(12)13)3(11)6(14,15)7(16,17)8(18,19)20;2*2-1-3/h1-4,21-22H;2*3H. The number of halogens is 12. The summed E-state index contributed by atoms with van der Waals surface area (Å²) in [5, 5.41) is 44.1. The monoisotopic (exact) mass is 448 g/mol. The van der Waals surface area contributed by atoms with Crippen molar-refractivity contribution in [3.63, 3.8) is 0 Å². The normalized spacial score (nSPS) is 15.6. The predicted molar refractivity (Wildman–Crippen MR) is 58.9 cm³/mol. The zero-order valence-corrected chi connectivity index (χ0v) is 12.5. The molecular formula is C10H8F12N2O4. The van der Waals surface area contributed by atoms with Crippen LogP contribution in [0.2, 0.25) is 0 Å². The molecule has 0 aromatic heterocycles. The maximum atomic E-state index is 12.9. The van der Waals surface area contributed by atoms with Crippen LogP contribution in [-0.2, 0) is 0 Å². The second-order valence-electron chi connectivity index (χ2n) is 4.23. The van der Waals surface area contributed by atoms with E-state index in [0.717, 1.165) is 12.5 Å². The molecule has 0 rings (SSSR count). The Balaban J connectivity index is -0.000000915. The van der Waals surface area contributed by atoms with E-state index in [1.165, 1.54) is 0 Å². The molecular weight excluding hydrogens is 440 g/mol. The van der Waals surface area contributed by atoms with Crippen molar-refractivity contribution in [3.8, 4) is 12.5 Å². The van der Waals surface area contributed by atoms with Crippen LogP contribution in [0, 0.1) is 23.0 Å². The van der Waals surface area contributed by atoms with E-state index in [1.54, 1.807) is 0 Å². The van der Waals surface area contributed by atoms with E-state index >= 15 is 0 Å². The molecule has 4 N–H and O–H groups in total. The van der Waals surface area contributed by atoms with Gasteiger partial charge in [-0.2, -0.15) is 41.3 Å². The van der Waals surface area contributed by atoms with Gasteiger partial charge in [-0.05, 0) is 0 Å². The van der Waals surface area contributed by atoms with E-state index in [4.69, 9.17) is 30.9 Å². The molecule has 3 atom stereocenters. The Morgan fingerprint density at radius 3 is 1.18 bits per heavy atom. The summed E-state index contributed by atoms with van der Waals surface area (Å²) in [7, 11) is 0.